The van der Waals surface area contributed by atoms with Crippen molar-refractivity contribution >= 4 is 16.5 Å². The van der Waals surface area contributed by atoms with Gasteiger partial charge >= 0.3 is 0 Å². The summed E-state index contributed by atoms with van der Waals surface area (Å²) in [4.78, 5) is 14.2. The number of benzene rings is 2. The second-order valence-corrected chi connectivity index (χ2v) is 9.64. The molecule has 0 radical (unpaired) electrons. The van der Waals surface area contributed by atoms with Gasteiger partial charge in [0.25, 0.3) is 5.56 Å². The number of aryl methyl sites for hydroxylation is 1. The van der Waals surface area contributed by atoms with E-state index in [0.29, 0.717) is 57.8 Å². The maximum absolute atomic E-state index is 16.4. The molecule has 2 fully saturated rings. The minimum Gasteiger partial charge on any atom is -0.489 e. The van der Waals surface area contributed by atoms with Crippen LogP contribution in [0.3, 0.4) is 0 Å². The zero-order valence-electron chi connectivity index (χ0n) is 21.0. The lowest BCUT2D eigenvalue weighted by atomic mass is 9.94. The second kappa shape index (κ2) is 9.24. The number of rotatable bonds is 7. The highest BCUT2D eigenvalue weighted by Crippen LogP contribution is 2.44. The van der Waals surface area contributed by atoms with Crippen LogP contribution in [-0.4, -0.2) is 52.4 Å². The molecular weight excluding hydrogens is 489 g/mol. The van der Waals surface area contributed by atoms with Crippen LogP contribution in [0.25, 0.3) is 33.2 Å². The largest absolute Gasteiger partial charge is 0.489 e. The Morgan fingerprint density at radius 3 is 2.71 bits per heavy atom. The predicted octanol–water partition coefficient (Wildman–Crippen LogP) is 2.84. The van der Waals surface area contributed by atoms with Crippen molar-refractivity contribution in [3.05, 3.63) is 57.9 Å². The number of aromatic amines is 1. The Morgan fingerprint density at radius 2 is 2.03 bits per heavy atom. The number of nitrogens with one attached hydrogen (secondary N) is 1. The number of halogens is 1. The minimum absolute atomic E-state index is 0.0136. The van der Waals surface area contributed by atoms with Gasteiger partial charge in [-0.1, -0.05) is 6.07 Å². The van der Waals surface area contributed by atoms with E-state index in [1.807, 2.05) is 4.90 Å². The number of anilines is 1. The molecule has 0 spiro atoms. The fourth-order valence-corrected chi connectivity index (χ4v) is 4.91. The summed E-state index contributed by atoms with van der Waals surface area (Å²) in [6.45, 7) is 1.20. The van der Waals surface area contributed by atoms with Crippen molar-refractivity contribution in [2.45, 2.75) is 31.6 Å². The number of hydrogen-bond acceptors (Lipinski definition) is 8. The van der Waals surface area contributed by atoms with E-state index in [0.717, 1.165) is 12.8 Å². The minimum atomic E-state index is -0.523. The van der Waals surface area contributed by atoms with Crippen molar-refractivity contribution in [3.8, 4) is 34.2 Å². The van der Waals surface area contributed by atoms with Crippen molar-refractivity contribution in [2.24, 2.45) is 12.8 Å². The summed E-state index contributed by atoms with van der Waals surface area (Å²) in [6, 6.07) is 9.07. The standard InChI is InChI=1S/C27H26FN7O3/c1-34-26(20(11-31-34)14-3-6-17-18(7-14)21(10-30)32-33-27(17)36)24-19(9-29)23(38-15-4-5-15)8-22(25(24)28)35-12-16(13-35)37-2/h3,6-8,11,15-16H,4-5,10,12-13,30H2,1-2H3,(H,33,36). The zero-order chi connectivity index (χ0) is 26.6. The third-order valence-corrected chi connectivity index (χ3v) is 7.21. The van der Waals surface area contributed by atoms with E-state index in [1.165, 1.54) is 0 Å². The van der Waals surface area contributed by atoms with E-state index < -0.39 is 5.82 Å². The first kappa shape index (κ1) is 24.1. The maximum atomic E-state index is 16.4. The topological polar surface area (TPSA) is 135 Å². The first-order chi connectivity index (χ1) is 18.4. The lowest BCUT2D eigenvalue weighted by Gasteiger charge is -2.40. The lowest BCUT2D eigenvalue weighted by molar-refractivity contribution is 0.0783. The molecule has 1 saturated carbocycles. The van der Waals surface area contributed by atoms with E-state index in [4.69, 9.17) is 15.2 Å². The molecular formula is C27H26FN7O3. The Morgan fingerprint density at radius 1 is 1.24 bits per heavy atom. The fourth-order valence-electron chi connectivity index (χ4n) is 4.91. The quantitative estimate of drug-likeness (QED) is 0.384. The molecule has 3 N–H and O–H groups in total. The molecule has 2 aromatic carbocycles. The molecule has 0 unspecified atom stereocenters. The highest BCUT2D eigenvalue weighted by molar-refractivity contribution is 5.93. The average molecular weight is 516 g/mol. The summed E-state index contributed by atoms with van der Waals surface area (Å²) in [5.74, 6) is -0.167. The van der Waals surface area contributed by atoms with Crippen molar-refractivity contribution < 1.29 is 13.9 Å². The van der Waals surface area contributed by atoms with E-state index >= 15 is 4.39 Å². The molecule has 3 heterocycles. The van der Waals surface area contributed by atoms with Crippen LogP contribution in [-0.2, 0) is 18.3 Å². The second-order valence-electron chi connectivity index (χ2n) is 9.64. The van der Waals surface area contributed by atoms with Gasteiger partial charge in [-0.15, -0.1) is 0 Å². The third kappa shape index (κ3) is 3.89. The smallest absolute Gasteiger partial charge is 0.272 e. The first-order valence-electron chi connectivity index (χ1n) is 12.4. The Hall–Kier alpha value is -4.27. The van der Waals surface area contributed by atoms with Gasteiger partial charge < -0.3 is 20.1 Å². The molecule has 0 bridgehead atoms. The molecule has 2 aromatic heterocycles. The molecule has 194 valence electrons. The third-order valence-electron chi connectivity index (χ3n) is 7.21. The number of H-pyrrole nitrogens is 1. The summed E-state index contributed by atoms with van der Waals surface area (Å²) in [5, 5.41) is 22.2. The average Bonchev–Trinajstić information content (AvgIpc) is 3.64. The summed E-state index contributed by atoms with van der Waals surface area (Å²) in [7, 11) is 3.34. The molecule has 4 aromatic rings. The van der Waals surface area contributed by atoms with Gasteiger partial charge in [0.15, 0.2) is 5.82 Å². The van der Waals surface area contributed by atoms with Crippen LogP contribution >= 0.6 is 0 Å². The van der Waals surface area contributed by atoms with Gasteiger partial charge in [-0.05, 0) is 30.5 Å². The van der Waals surface area contributed by atoms with Crippen molar-refractivity contribution in [1.29, 1.82) is 5.26 Å². The monoisotopic (exact) mass is 515 g/mol. The van der Waals surface area contributed by atoms with Gasteiger partial charge in [0.05, 0.1) is 46.4 Å². The van der Waals surface area contributed by atoms with Crippen LogP contribution in [0.5, 0.6) is 5.75 Å². The SMILES string of the molecule is COC1CN(c2cc(OC3CC3)c(C#N)c(-c3c(-c4ccc5c(=O)[nH]nc(CN)c5c4)cnn3C)c2F)C1. The van der Waals surface area contributed by atoms with E-state index in [-0.39, 0.29) is 35.4 Å². The Balaban J connectivity index is 1.57. The van der Waals surface area contributed by atoms with E-state index in [1.54, 1.807) is 49.3 Å². The maximum Gasteiger partial charge on any atom is 0.272 e. The number of nitrogens with two attached hydrogens (primary N) is 1. The summed E-state index contributed by atoms with van der Waals surface area (Å²) in [5.41, 5.74) is 8.38. The van der Waals surface area contributed by atoms with Gasteiger partial charge in [-0.25, -0.2) is 9.49 Å². The molecule has 6 rings (SSSR count). The van der Waals surface area contributed by atoms with E-state index in [2.05, 4.69) is 21.4 Å². The van der Waals surface area contributed by atoms with Gasteiger partial charge in [0, 0.05) is 50.8 Å². The molecule has 10 nitrogen and oxygen atoms in total. The van der Waals surface area contributed by atoms with Gasteiger partial charge in [-0.2, -0.15) is 15.5 Å². The van der Waals surface area contributed by atoms with Crippen LogP contribution in [0.4, 0.5) is 10.1 Å². The number of methoxy groups -OCH3 is 1. The highest BCUT2D eigenvalue weighted by Gasteiger charge is 2.34. The lowest BCUT2D eigenvalue weighted by Crippen LogP contribution is -2.52. The normalized spacial score (nSPS) is 15.5. The summed E-state index contributed by atoms with van der Waals surface area (Å²) < 4.78 is 29.5. The van der Waals surface area contributed by atoms with Crippen molar-refractivity contribution in [1.82, 2.24) is 20.0 Å². The van der Waals surface area contributed by atoms with Crippen LogP contribution in [0.2, 0.25) is 0 Å². The summed E-state index contributed by atoms with van der Waals surface area (Å²) in [6.07, 6.45) is 3.45. The van der Waals surface area contributed by atoms with Crippen LogP contribution < -0.4 is 20.9 Å². The number of aromatic nitrogens is 4. The Bertz CT molecular complexity index is 1660. The molecule has 1 saturated heterocycles. The van der Waals surface area contributed by atoms with Crippen LogP contribution in [0.1, 0.15) is 24.1 Å². The number of fused-ring (bicyclic) bond motifs is 1. The number of nitrogens with zero attached hydrogens (tertiary/aromatic N) is 5. The van der Waals surface area contributed by atoms with Crippen LogP contribution in [0, 0.1) is 17.1 Å². The molecule has 11 heteroatoms. The molecule has 38 heavy (non-hydrogen) atoms. The zero-order valence-corrected chi connectivity index (χ0v) is 21.0. The molecule has 2 aliphatic rings. The first-order valence-corrected chi connectivity index (χ1v) is 12.4. The van der Waals surface area contributed by atoms with Crippen LogP contribution in [0.15, 0.2) is 35.3 Å². The number of nitriles is 1. The molecule has 0 amide bonds. The van der Waals surface area contributed by atoms with Crippen molar-refractivity contribution in [2.75, 3.05) is 25.1 Å². The molecule has 1 aliphatic heterocycles. The predicted molar refractivity (Wildman–Crippen MR) is 139 cm³/mol. The molecule has 1 aliphatic carbocycles. The number of hydrogen-bond donors (Lipinski definition) is 2. The molecule has 0 atom stereocenters. The highest BCUT2D eigenvalue weighted by atomic mass is 19.1. The fraction of sp³-hybridized carbons (Fsp3) is 0.333. The Kier molecular flexibility index (Phi) is 5.86. The van der Waals surface area contributed by atoms with Crippen molar-refractivity contribution in [3.63, 3.8) is 0 Å². The van der Waals surface area contributed by atoms with Gasteiger partial charge in [0.1, 0.15) is 17.4 Å². The van der Waals surface area contributed by atoms with Gasteiger partial charge in [-0.3, -0.25) is 9.48 Å². The summed E-state index contributed by atoms with van der Waals surface area (Å²) >= 11 is 0. The van der Waals surface area contributed by atoms with E-state index in [9.17, 15) is 10.1 Å². The van der Waals surface area contributed by atoms with Gasteiger partial charge in [0.2, 0.25) is 0 Å². The Labute approximate surface area is 217 Å². The number of ether oxygens (including phenoxy) is 2.